The lowest BCUT2D eigenvalue weighted by Crippen LogP contribution is -2.11. The third-order valence-electron chi connectivity index (χ3n) is 15.9. The van der Waals surface area contributed by atoms with Crippen LogP contribution in [0.15, 0.2) is 182 Å². The minimum Gasteiger partial charge on any atom is -0.307 e. The molecule has 9 aromatic carbocycles. The van der Waals surface area contributed by atoms with E-state index in [1.165, 1.54) is 59.2 Å². The first kappa shape index (κ1) is 65.6. The van der Waals surface area contributed by atoms with E-state index in [0.717, 1.165) is 59.3 Å². The summed E-state index contributed by atoms with van der Waals surface area (Å²) in [6.45, 7) is 0. The summed E-state index contributed by atoms with van der Waals surface area (Å²) in [6, 6.07) is 24.8. The molecule has 96 heavy (non-hydrogen) atoms. The van der Waals surface area contributed by atoms with Crippen LogP contribution in [0, 0.1) is 11.3 Å². The Morgan fingerprint density at radius 3 is 0.792 bits per heavy atom. The SMILES string of the molecule is N#Cc1ccccc1-c1cc(-n2c3cc(-c4cc(C(F)(F)F)cc(C(F)(F)F)c4)ccc3c3ccc(-c4cc(C(F)(F)F)cc(C(F)(F)F)c4)cc32)ncc1-n1c2cc(-c3cc(C(F)(F)F)cc(C(F)(F)F)c3)ccc2c2ccc(-c3cc(C(F)(F)F)cc(C(F)(F)F)c3)cc21. The second-order valence-electron chi connectivity index (χ2n) is 22.0. The highest BCUT2D eigenvalue weighted by molar-refractivity contribution is 6.13. The molecule has 3 aromatic heterocycles. The fourth-order valence-corrected chi connectivity index (χ4v) is 11.5. The first-order valence-electron chi connectivity index (χ1n) is 27.4. The van der Waals surface area contributed by atoms with Gasteiger partial charge in [-0.15, -0.1) is 0 Å². The van der Waals surface area contributed by atoms with Crippen LogP contribution in [0.1, 0.15) is 50.1 Å². The molecular formula is C68H30F24N4. The summed E-state index contributed by atoms with van der Waals surface area (Å²) in [5.74, 6) is -0.384. The van der Waals surface area contributed by atoms with Crippen LogP contribution in [-0.2, 0) is 49.4 Å². The van der Waals surface area contributed by atoms with Crippen molar-refractivity contribution in [2.24, 2.45) is 0 Å². The van der Waals surface area contributed by atoms with E-state index in [9.17, 15) is 111 Å². The van der Waals surface area contributed by atoms with Gasteiger partial charge in [0.2, 0.25) is 0 Å². The number of hydrogen-bond donors (Lipinski definition) is 0. The van der Waals surface area contributed by atoms with Gasteiger partial charge >= 0.3 is 49.4 Å². The number of alkyl halides is 24. The van der Waals surface area contributed by atoms with Gasteiger partial charge in [-0.1, -0.05) is 66.7 Å². The number of pyridine rings is 1. The quantitative estimate of drug-likeness (QED) is 0.149. The molecule has 3 heterocycles. The number of fused-ring (bicyclic) bond motifs is 6. The molecule has 0 spiro atoms. The van der Waals surface area contributed by atoms with Gasteiger partial charge in [0.1, 0.15) is 5.82 Å². The zero-order valence-corrected chi connectivity index (χ0v) is 47.2. The molecule has 0 aliphatic rings. The summed E-state index contributed by atoms with van der Waals surface area (Å²) in [5.41, 5.74) is -19.6. The Morgan fingerprint density at radius 1 is 0.271 bits per heavy atom. The third-order valence-corrected chi connectivity index (χ3v) is 15.9. The minimum absolute atomic E-state index is 0.0564. The van der Waals surface area contributed by atoms with Crippen LogP contribution >= 0.6 is 0 Å². The van der Waals surface area contributed by atoms with Crippen molar-refractivity contribution in [3.8, 4) is 73.2 Å². The lowest BCUT2D eigenvalue weighted by atomic mass is 9.97. The molecule has 0 unspecified atom stereocenters. The van der Waals surface area contributed by atoms with Gasteiger partial charge in [-0.25, -0.2) is 4.98 Å². The van der Waals surface area contributed by atoms with Gasteiger partial charge in [0.05, 0.1) is 90.1 Å². The van der Waals surface area contributed by atoms with E-state index < -0.39 is 116 Å². The van der Waals surface area contributed by atoms with Crippen molar-refractivity contribution in [2.75, 3.05) is 0 Å². The lowest BCUT2D eigenvalue weighted by molar-refractivity contribution is -0.144. The number of rotatable bonds is 7. The van der Waals surface area contributed by atoms with E-state index in [2.05, 4.69) is 0 Å². The van der Waals surface area contributed by atoms with Crippen molar-refractivity contribution < 1.29 is 105 Å². The predicted octanol–water partition coefficient (Wildman–Crippen LogP) is 23.6. The average molecular weight is 1360 g/mol. The molecule has 0 amide bonds. The number of nitriles is 1. The Labute approximate surface area is 521 Å². The van der Waals surface area contributed by atoms with Gasteiger partial charge in [-0.05, 0) is 154 Å². The fourth-order valence-electron chi connectivity index (χ4n) is 11.5. The molecule has 0 atom stereocenters. The molecule has 0 radical (unpaired) electrons. The van der Waals surface area contributed by atoms with Gasteiger partial charge in [0.25, 0.3) is 0 Å². The van der Waals surface area contributed by atoms with E-state index in [1.807, 2.05) is 6.07 Å². The Kier molecular flexibility index (Phi) is 15.3. The molecule has 0 aliphatic heterocycles. The van der Waals surface area contributed by atoms with E-state index in [0.29, 0.717) is 48.5 Å². The second-order valence-corrected chi connectivity index (χ2v) is 22.0. The van der Waals surface area contributed by atoms with E-state index in [4.69, 9.17) is 4.98 Å². The topological polar surface area (TPSA) is 46.5 Å². The molecule has 0 saturated carbocycles. The zero-order valence-electron chi connectivity index (χ0n) is 47.2. The molecule has 12 aromatic rings. The van der Waals surface area contributed by atoms with E-state index in [1.54, 1.807) is 0 Å². The maximum Gasteiger partial charge on any atom is 0.416 e. The predicted molar refractivity (Wildman–Crippen MR) is 305 cm³/mol. The van der Waals surface area contributed by atoms with Gasteiger partial charge in [0.15, 0.2) is 0 Å². The number of halogens is 24. The van der Waals surface area contributed by atoms with Crippen molar-refractivity contribution in [2.45, 2.75) is 49.4 Å². The molecule has 490 valence electrons. The largest absolute Gasteiger partial charge is 0.416 e. The molecule has 0 saturated heterocycles. The Hall–Kier alpha value is -10.5. The van der Waals surface area contributed by atoms with Crippen molar-refractivity contribution in [1.29, 1.82) is 5.26 Å². The van der Waals surface area contributed by atoms with Crippen molar-refractivity contribution in [1.82, 2.24) is 14.1 Å². The van der Waals surface area contributed by atoms with Crippen LogP contribution in [0.4, 0.5) is 105 Å². The van der Waals surface area contributed by atoms with Crippen LogP contribution < -0.4 is 0 Å². The third kappa shape index (κ3) is 12.3. The van der Waals surface area contributed by atoms with Crippen LogP contribution in [-0.4, -0.2) is 14.1 Å². The monoisotopic (exact) mass is 1360 g/mol. The summed E-state index contributed by atoms with van der Waals surface area (Å²) in [4.78, 5) is 4.70. The first-order valence-corrected chi connectivity index (χ1v) is 27.4. The van der Waals surface area contributed by atoms with Crippen LogP contribution in [0.2, 0.25) is 0 Å². The minimum atomic E-state index is -5.37. The molecule has 4 nitrogen and oxygen atoms in total. The van der Waals surface area contributed by atoms with Crippen molar-refractivity contribution in [3.05, 3.63) is 232 Å². The first-order chi connectivity index (χ1) is 44.5. The van der Waals surface area contributed by atoms with Crippen molar-refractivity contribution in [3.63, 3.8) is 0 Å². The van der Waals surface area contributed by atoms with Crippen LogP contribution in [0.5, 0.6) is 0 Å². The van der Waals surface area contributed by atoms with Gasteiger partial charge < -0.3 is 4.57 Å². The molecule has 0 N–H and O–H groups in total. The van der Waals surface area contributed by atoms with Crippen molar-refractivity contribution >= 4 is 43.6 Å². The van der Waals surface area contributed by atoms with Gasteiger partial charge in [0, 0.05) is 32.7 Å². The molecular weight excluding hydrogens is 1330 g/mol. The normalized spacial score (nSPS) is 13.2. The maximum absolute atomic E-state index is 14.4. The average Bonchev–Trinajstić information content (AvgIpc) is 1.56. The summed E-state index contributed by atoms with van der Waals surface area (Å²) < 4.78 is 347. The van der Waals surface area contributed by atoms with Crippen LogP contribution in [0.3, 0.4) is 0 Å². The zero-order chi connectivity index (χ0) is 69.5. The number of hydrogen-bond acceptors (Lipinski definition) is 2. The molecule has 0 fully saturated rings. The Balaban J connectivity index is 1.20. The molecule has 0 aliphatic carbocycles. The summed E-state index contributed by atoms with van der Waals surface area (Å²) in [7, 11) is 0. The molecule has 12 rings (SSSR count). The molecule has 28 heteroatoms. The Morgan fingerprint density at radius 2 is 0.531 bits per heavy atom. The summed E-state index contributed by atoms with van der Waals surface area (Å²) >= 11 is 0. The number of benzene rings is 9. The number of aromatic nitrogens is 3. The van der Waals surface area contributed by atoms with E-state index in [-0.39, 0.29) is 118 Å². The standard InChI is InChI=1S/C68H30F24N4/c69-61(70,71)41-13-37(14-42(25-41)62(72,73)74)32-5-9-50-51-10-6-33(38-15-43(63(75,76)77)26-44(16-38)64(78,79)80)22-56(51)95(55(50)21-32)59-31-94-60(29-54(59)49-4-2-1-3-36(49)30-93)96-57-23-34(39-17-45(65(81,82)83)27-46(18-39)66(84,85)86)7-11-52(57)53-12-8-35(24-58(53)96)40-19-47(67(87,88)89)28-48(20-40)68(90,91)92/h1-29,31H. The van der Waals surface area contributed by atoms with Gasteiger partial charge in [-0.3, -0.25) is 4.57 Å². The maximum atomic E-state index is 14.4. The number of nitrogens with zero attached hydrogens (tertiary/aromatic N) is 4. The summed E-state index contributed by atoms with van der Waals surface area (Å²) in [5, 5.41) is 10.9. The highest BCUT2D eigenvalue weighted by atomic mass is 19.4. The highest BCUT2D eigenvalue weighted by Crippen LogP contribution is 2.48. The van der Waals surface area contributed by atoms with E-state index >= 15 is 0 Å². The fraction of sp³-hybridized carbons (Fsp3) is 0.118. The highest BCUT2D eigenvalue weighted by Gasteiger charge is 2.42. The summed E-state index contributed by atoms with van der Waals surface area (Å²) in [6.07, 6.45) is -42.0. The lowest BCUT2D eigenvalue weighted by Gasteiger charge is -2.18. The van der Waals surface area contributed by atoms with Crippen LogP contribution in [0.25, 0.3) is 111 Å². The van der Waals surface area contributed by atoms with Gasteiger partial charge in [-0.2, -0.15) is 111 Å². The molecule has 0 bridgehead atoms. The Bertz CT molecular complexity index is 4800. The second kappa shape index (κ2) is 22.3. The smallest absolute Gasteiger partial charge is 0.307 e.